The average Bonchev–Trinajstić information content (AvgIpc) is 2.45. The highest BCUT2D eigenvalue weighted by Gasteiger charge is 2.07. The van der Waals surface area contributed by atoms with Crippen LogP contribution in [0.3, 0.4) is 0 Å². The van der Waals surface area contributed by atoms with Gasteiger partial charge in [-0.2, -0.15) is 0 Å². The van der Waals surface area contributed by atoms with Crippen LogP contribution in [-0.2, 0) is 4.79 Å². The molecule has 1 amide bonds. The predicted molar refractivity (Wildman–Crippen MR) is 87.2 cm³/mol. The molecule has 1 aromatic carbocycles. The molecule has 0 heterocycles. The largest absolute Gasteiger partial charge is 0.353 e. The number of carbonyl (C=O) groups excluding carboxylic acids is 1. The minimum atomic E-state index is 0.114. The second kappa shape index (κ2) is 9.03. The first kappa shape index (κ1) is 17.1. The number of hydrogen-bond acceptors (Lipinski definition) is 3. The van der Waals surface area contributed by atoms with Crippen LogP contribution in [-0.4, -0.2) is 24.7 Å². The summed E-state index contributed by atoms with van der Waals surface area (Å²) >= 11 is 1.58. The fourth-order valence-electron chi connectivity index (χ4n) is 1.99. The summed E-state index contributed by atoms with van der Waals surface area (Å²) in [5.74, 6) is 0.596. The van der Waals surface area contributed by atoms with Crippen molar-refractivity contribution in [2.75, 3.05) is 12.8 Å². The first-order chi connectivity index (χ1) is 9.56. The molecule has 0 aliphatic heterocycles. The highest BCUT2D eigenvalue weighted by atomic mass is 32.2. The van der Waals surface area contributed by atoms with E-state index in [-0.39, 0.29) is 11.9 Å². The molecule has 0 aliphatic rings. The Morgan fingerprint density at radius 2 is 1.90 bits per heavy atom. The molecule has 0 radical (unpaired) electrons. The molecule has 0 bridgehead atoms. The van der Waals surface area contributed by atoms with Crippen molar-refractivity contribution in [2.45, 2.75) is 50.6 Å². The van der Waals surface area contributed by atoms with Crippen LogP contribution in [0, 0.1) is 0 Å². The fraction of sp³-hybridized carbons (Fsp3) is 0.562. The van der Waals surface area contributed by atoms with Gasteiger partial charge in [-0.25, -0.2) is 0 Å². The van der Waals surface area contributed by atoms with E-state index in [0.29, 0.717) is 11.8 Å². The summed E-state index contributed by atoms with van der Waals surface area (Å²) in [4.78, 5) is 12.9. The molecule has 20 heavy (non-hydrogen) atoms. The van der Waals surface area contributed by atoms with E-state index in [1.165, 1.54) is 5.56 Å². The zero-order valence-electron chi connectivity index (χ0n) is 12.9. The van der Waals surface area contributed by atoms with E-state index < -0.39 is 0 Å². The highest BCUT2D eigenvalue weighted by Crippen LogP contribution is 2.20. The monoisotopic (exact) mass is 294 g/mol. The Bertz CT molecular complexity index is 405. The Morgan fingerprint density at radius 1 is 1.25 bits per heavy atom. The summed E-state index contributed by atoms with van der Waals surface area (Å²) in [6, 6.07) is 9.01. The Kier molecular flexibility index (Phi) is 7.70. The van der Waals surface area contributed by atoms with E-state index in [9.17, 15) is 4.79 Å². The summed E-state index contributed by atoms with van der Waals surface area (Å²) in [6.07, 6.45) is 2.13. The maximum absolute atomic E-state index is 11.8. The van der Waals surface area contributed by atoms with E-state index in [1.807, 2.05) is 7.05 Å². The molecule has 1 rings (SSSR count). The van der Waals surface area contributed by atoms with Crippen molar-refractivity contribution in [3.63, 3.8) is 0 Å². The third kappa shape index (κ3) is 5.97. The topological polar surface area (TPSA) is 41.1 Å². The van der Waals surface area contributed by atoms with Crippen LogP contribution >= 0.6 is 11.8 Å². The van der Waals surface area contributed by atoms with Gasteiger partial charge in [-0.05, 0) is 45.0 Å². The number of hydrogen-bond donors (Lipinski definition) is 2. The van der Waals surface area contributed by atoms with Crippen molar-refractivity contribution >= 4 is 17.7 Å². The molecular formula is C16H26N2OS. The quantitative estimate of drug-likeness (QED) is 0.722. The molecule has 1 aromatic rings. The molecule has 0 spiro atoms. The highest BCUT2D eigenvalue weighted by molar-refractivity contribution is 8.00. The first-order valence-corrected chi connectivity index (χ1v) is 8.24. The lowest BCUT2D eigenvalue weighted by Gasteiger charge is -2.13. The molecule has 2 unspecified atom stereocenters. The number of nitrogens with one attached hydrogen (secondary N) is 2. The van der Waals surface area contributed by atoms with Crippen molar-refractivity contribution in [1.29, 1.82) is 0 Å². The summed E-state index contributed by atoms with van der Waals surface area (Å²) in [5, 5.41) is 6.23. The van der Waals surface area contributed by atoms with Crippen molar-refractivity contribution in [3.8, 4) is 0 Å². The normalized spacial score (nSPS) is 13.8. The molecule has 0 saturated carbocycles. The standard InChI is InChI=1S/C16H26N2OS/c1-5-6-12(2)18-16(19)11-20-15-9-7-14(8-10-15)13(3)17-4/h7-10,12-13,17H,5-6,11H2,1-4H3,(H,18,19). The second-order valence-electron chi connectivity index (χ2n) is 5.13. The Labute approximate surface area is 126 Å². The molecule has 0 fully saturated rings. The lowest BCUT2D eigenvalue weighted by atomic mass is 10.1. The van der Waals surface area contributed by atoms with Gasteiger partial charge in [-0.1, -0.05) is 25.5 Å². The first-order valence-electron chi connectivity index (χ1n) is 7.26. The average molecular weight is 294 g/mol. The van der Waals surface area contributed by atoms with E-state index >= 15 is 0 Å². The number of benzene rings is 1. The Morgan fingerprint density at radius 3 is 2.45 bits per heavy atom. The summed E-state index contributed by atoms with van der Waals surface area (Å²) in [5.41, 5.74) is 1.26. The van der Waals surface area contributed by atoms with Gasteiger partial charge in [0.15, 0.2) is 0 Å². The third-order valence-electron chi connectivity index (χ3n) is 3.31. The maximum Gasteiger partial charge on any atom is 0.230 e. The van der Waals surface area contributed by atoms with Crippen LogP contribution < -0.4 is 10.6 Å². The maximum atomic E-state index is 11.8. The van der Waals surface area contributed by atoms with E-state index in [1.54, 1.807) is 11.8 Å². The number of thioether (sulfide) groups is 1. The lowest BCUT2D eigenvalue weighted by molar-refractivity contribution is -0.119. The van der Waals surface area contributed by atoms with Crippen molar-refractivity contribution in [3.05, 3.63) is 29.8 Å². The predicted octanol–water partition coefficient (Wildman–Crippen LogP) is 3.36. The molecule has 3 nitrogen and oxygen atoms in total. The van der Waals surface area contributed by atoms with Crippen molar-refractivity contribution in [2.24, 2.45) is 0 Å². The van der Waals surface area contributed by atoms with E-state index in [4.69, 9.17) is 0 Å². The zero-order valence-corrected chi connectivity index (χ0v) is 13.7. The van der Waals surface area contributed by atoms with Crippen LogP contribution in [0.25, 0.3) is 0 Å². The Hall–Kier alpha value is -1.00. The summed E-state index contributed by atoms with van der Waals surface area (Å²) in [6.45, 7) is 6.32. The zero-order chi connectivity index (χ0) is 15.0. The minimum Gasteiger partial charge on any atom is -0.353 e. The smallest absolute Gasteiger partial charge is 0.230 e. The summed E-state index contributed by atoms with van der Waals surface area (Å²) < 4.78 is 0. The van der Waals surface area contributed by atoms with Crippen LogP contribution in [0.1, 0.15) is 45.2 Å². The van der Waals surface area contributed by atoms with E-state index in [0.717, 1.165) is 17.7 Å². The van der Waals surface area contributed by atoms with E-state index in [2.05, 4.69) is 55.7 Å². The van der Waals surface area contributed by atoms with Crippen LogP contribution in [0.15, 0.2) is 29.2 Å². The van der Waals surface area contributed by atoms with Gasteiger partial charge in [0.1, 0.15) is 0 Å². The number of amides is 1. The van der Waals surface area contributed by atoms with Gasteiger partial charge in [0.05, 0.1) is 5.75 Å². The second-order valence-corrected chi connectivity index (χ2v) is 6.17. The molecular weight excluding hydrogens is 268 g/mol. The van der Waals surface area contributed by atoms with Gasteiger partial charge in [0, 0.05) is 17.0 Å². The molecule has 112 valence electrons. The van der Waals surface area contributed by atoms with Crippen LogP contribution in [0.2, 0.25) is 0 Å². The molecule has 2 atom stereocenters. The van der Waals surface area contributed by atoms with Crippen molar-refractivity contribution in [1.82, 2.24) is 10.6 Å². The number of carbonyl (C=O) groups is 1. The minimum absolute atomic E-state index is 0.114. The molecule has 2 N–H and O–H groups in total. The third-order valence-corrected chi connectivity index (χ3v) is 4.32. The number of rotatable bonds is 8. The fourth-order valence-corrected chi connectivity index (χ4v) is 2.70. The SMILES string of the molecule is CCCC(C)NC(=O)CSc1ccc(C(C)NC)cc1. The molecule has 0 aromatic heterocycles. The van der Waals surface area contributed by atoms with Gasteiger partial charge in [0.2, 0.25) is 5.91 Å². The summed E-state index contributed by atoms with van der Waals surface area (Å²) in [7, 11) is 1.95. The van der Waals surface area contributed by atoms with Gasteiger partial charge in [-0.15, -0.1) is 11.8 Å². The van der Waals surface area contributed by atoms with Crippen LogP contribution in [0.5, 0.6) is 0 Å². The molecule has 0 saturated heterocycles. The van der Waals surface area contributed by atoms with Gasteiger partial charge in [-0.3, -0.25) is 4.79 Å². The lowest BCUT2D eigenvalue weighted by Crippen LogP contribution is -2.33. The van der Waals surface area contributed by atoms with Gasteiger partial charge < -0.3 is 10.6 Å². The van der Waals surface area contributed by atoms with Crippen molar-refractivity contribution < 1.29 is 4.79 Å². The van der Waals surface area contributed by atoms with Crippen LogP contribution in [0.4, 0.5) is 0 Å². The Balaban J connectivity index is 2.40. The molecule has 4 heteroatoms. The van der Waals surface area contributed by atoms with Gasteiger partial charge in [0.25, 0.3) is 0 Å². The van der Waals surface area contributed by atoms with Gasteiger partial charge >= 0.3 is 0 Å². The molecule has 0 aliphatic carbocycles.